The van der Waals surface area contributed by atoms with Crippen molar-refractivity contribution in [2.45, 2.75) is 30.6 Å². The third-order valence-corrected chi connectivity index (χ3v) is 7.53. The number of nitrogens with two attached hydrogens (primary N) is 1. The predicted molar refractivity (Wildman–Crippen MR) is 114 cm³/mol. The zero-order valence-electron chi connectivity index (χ0n) is 18.0. The summed E-state index contributed by atoms with van der Waals surface area (Å²) in [6, 6.07) is 1.22. The van der Waals surface area contributed by atoms with E-state index in [-0.39, 0.29) is 22.6 Å². The van der Waals surface area contributed by atoms with Gasteiger partial charge in [0.05, 0.1) is 17.2 Å². The lowest BCUT2D eigenvalue weighted by atomic mass is 9.52. The highest BCUT2D eigenvalue weighted by molar-refractivity contribution is 6.33. The van der Waals surface area contributed by atoms with Crippen LogP contribution in [0.15, 0.2) is 17.7 Å². The van der Waals surface area contributed by atoms with Crippen molar-refractivity contribution in [2.75, 3.05) is 14.1 Å². The summed E-state index contributed by atoms with van der Waals surface area (Å²) in [4.78, 5) is 53.2. The molecule has 0 saturated heterocycles. The minimum absolute atomic E-state index is 0.0143. The number of aliphatic hydroxyl groups is 3. The molecular formula is C22H23ClN2O8. The first-order valence-corrected chi connectivity index (χ1v) is 10.6. The molecule has 6 unspecified atom stereocenters. The van der Waals surface area contributed by atoms with Crippen LogP contribution in [0.1, 0.15) is 24.5 Å². The Morgan fingerprint density at radius 2 is 1.79 bits per heavy atom. The van der Waals surface area contributed by atoms with Gasteiger partial charge in [0, 0.05) is 28.0 Å². The predicted octanol–water partition coefficient (Wildman–Crippen LogP) is -0.344. The summed E-state index contributed by atoms with van der Waals surface area (Å²) in [5.74, 6) is -10.6. The number of benzene rings is 1. The molecule has 1 aromatic rings. The van der Waals surface area contributed by atoms with Gasteiger partial charge >= 0.3 is 0 Å². The summed E-state index contributed by atoms with van der Waals surface area (Å²) < 4.78 is 0. The first-order valence-electron chi connectivity index (χ1n) is 10.2. The Morgan fingerprint density at radius 3 is 2.33 bits per heavy atom. The molecule has 0 aliphatic heterocycles. The maximum Gasteiger partial charge on any atom is 0.235 e. The first-order chi connectivity index (χ1) is 15.2. The Hall–Kier alpha value is -2.79. The van der Waals surface area contributed by atoms with E-state index < -0.39 is 75.3 Å². The van der Waals surface area contributed by atoms with Gasteiger partial charge in [-0.1, -0.05) is 11.6 Å². The van der Waals surface area contributed by atoms with Crippen LogP contribution in [0.2, 0.25) is 5.02 Å². The van der Waals surface area contributed by atoms with Crippen LogP contribution in [-0.4, -0.2) is 74.3 Å². The molecule has 6 atom stereocenters. The molecule has 33 heavy (non-hydrogen) atoms. The second-order valence-corrected chi connectivity index (χ2v) is 9.63. The SMILES string of the molecule is CN(C)C1C(=O)C(C(N)=O)C(=O)C2(O)C(=O)C3=C(O)c4c(O)ccc(Cl)c4C(C)(O)C3CC12. The summed E-state index contributed by atoms with van der Waals surface area (Å²) in [6.45, 7) is 1.33. The van der Waals surface area contributed by atoms with Crippen LogP contribution >= 0.6 is 11.6 Å². The number of carbonyl (C=O) groups is 4. The van der Waals surface area contributed by atoms with Crippen molar-refractivity contribution in [1.29, 1.82) is 0 Å². The Morgan fingerprint density at radius 1 is 1.18 bits per heavy atom. The van der Waals surface area contributed by atoms with E-state index in [9.17, 15) is 39.6 Å². The molecule has 3 aliphatic carbocycles. The fourth-order valence-electron chi connectivity index (χ4n) is 5.72. The first kappa shape index (κ1) is 23.4. The van der Waals surface area contributed by atoms with Crippen LogP contribution in [-0.2, 0) is 24.8 Å². The minimum Gasteiger partial charge on any atom is -0.507 e. The van der Waals surface area contributed by atoms with E-state index >= 15 is 0 Å². The minimum atomic E-state index is -2.86. The number of fused-ring (bicyclic) bond motifs is 3. The normalized spacial score (nSPS) is 35.9. The second kappa shape index (κ2) is 7.10. The summed E-state index contributed by atoms with van der Waals surface area (Å²) in [7, 11) is 2.96. The van der Waals surface area contributed by atoms with Crippen molar-refractivity contribution in [1.82, 2.24) is 4.90 Å². The molecule has 11 heteroatoms. The standard InChI is InChI=1S/C22H23ClN2O8/c1-21(32)7-6-8-15(25(2)3)17(28)13(20(24)31)19(30)22(8,33)18(29)11(7)16(27)12-10(26)5-4-9(23)14(12)21/h4-5,7-8,13,15,26-27,32-33H,6H2,1-3H3,(H2,24,31). The smallest absolute Gasteiger partial charge is 0.235 e. The van der Waals surface area contributed by atoms with Gasteiger partial charge in [0.25, 0.3) is 0 Å². The number of aliphatic hydroxyl groups excluding tert-OH is 1. The van der Waals surface area contributed by atoms with Crippen molar-refractivity contribution in [3.05, 3.63) is 33.9 Å². The van der Waals surface area contributed by atoms with Gasteiger partial charge in [-0.3, -0.25) is 24.1 Å². The van der Waals surface area contributed by atoms with Gasteiger partial charge in [0.1, 0.15) is 11.5 Å². The van der Waals surface area contributed by atoms with E-state index in [1.165, 1.54) is 32.0 Å². The average Bonchev–Trinajstić information content (AvgIpc) is 2.69. The highest BCUT2D eigenvalue weighted by Crippen LogP contribution is 2.57. The number of hydrogen-bond donors (Lipinski definition) is 5. The molecule has 0 aromatic heterocycles. The fraction of sp³-hybridized carbons (Fsp3) is 0.455. The quantitative estimate of drug-likeness (QED) is 0.355. The van der Waals surface area contributed by atoms with Gasteiger partial charge in [-0.25, -0.2) is 0 Å². The summed E-state index contributed by atoms with van der Waals surface area (Å²) in [5.41, 5.74) is -0.337. The molecule has 4 rings (SSSR count). The largest absolute Gasteiger partial charge is 0.507 e. The number of carbonyl (C=O) groups excluding carboxylic acids is 4. The molecule has 0 radical (unpaired) electrons. The molecule has 2 saturated carbocycles. The monoisotopic (exact) mass is 478 g/mol. The number of aromatic hydroxyl groups is 1. The molecule has 0 spiro atoms. The van der Waals surface area contributed by atoms with E-state index in [0.717, 1.165) is 6.07 Å². The molecule has 6 N–H and O–H groups in total. The fourth-order valence-corrected chi connectivity index (χ4v) is 6.07. The van der Waals surface area contributed by atoms with E-state index in [0.29, 0.717) is 0 Å². The summed E-state index contributed by atoms with van der Waals surface area (Å²) in [5, 5.41) is 44.3. The van der Waals surface area contributed by atoms with E-state index in [1.54, 1.807) is 0 Å². The van der Waals surface area contributed by atoms with Crippen molar-refractivity contribution in [2.24, 2.45) is 23.5 Å². The van der Waals surface area contributed by atoms with Gasteiger partial charge in [0.2, 0.25) is 11.7 Å². The van der Waals surface area contributed by atoms with Gasteiger partial charge in [-0.15, -0.1) is 0 Å². The lowest BCUT2D eigenvalue weighted by Gasteiger charge is -2.53. The number of rotatable bonds is 2. The molecule has 0 bridgehead atoms. The number of Topliss-reactive ketones (excluding diaryl/α,β-unsaturated/α-hetero) is 3. The maximum absolute atomic E-state index is 13.7. The average molecular weight is 479 g/mol. The molecule has 1 aromatic carbocycles. The van der Waals surface area contributed by atoms with Gasteiger partial charge in [0.15, 0.2) is 23.1 Å². The molecule has 0 heterocycles. The molecule has 2 fully saturated rings. The zero-order chi connectivity index (χ0) is 24.8. The van der Waals surface area contributed by atoms with Crippen LogP contribution in [0.3, 0.4) is 0 Å². The highest BCUT2D eigenvalue weighted by atomic mass is 35.5. The second-order valence-electron chi connectivity index (χ2n) is 9.23. The lowest BCUT2D eigenvalue weighted by Crippen LogP contribution is -2.73. The molecule has 1 amide bonds. The highest BCUT2D eigenvalue weighted by Gasteiger charge is 2.69. The number of ketones is 3. The number of likely N-dealkylation sites (N-methyl/N-ethyl adjacent to an activating group) is 1. The van der Waals surface area contributed by atoms with Crippen LogP contribution in [0.25, 0.3) is 5.76 Å². The van der Waals surface area contributed by atoms with E-state index in [4.69, 9.17) is 17.3 Å². The van der Waals surface area contributed by atoms with Gasteiger partial charge < -0.3 is 26.2 Å². The van der Waals surface area contributed by atoms with Crippen LogP contribution in [0.4, 0.5) is 0 Å². The molecular weight excluding hydrogens is 456 g/mol. The van der Waals surface area contributed by atoms with Crippen molar-refractivity contribution < 1.29 is 39.6 Å². The number of amides is 1. The van der Waals surface area contributed by atoms with Gasteiger partial charge in [-0.05, 0) is 39.6 Å². The van der Waals surface area contributed by atoms with Crippen LogP contribution in [0, 0.1) is 17.8 Å². The van der Waals surface area contributed by atoms with Crippen LogP contribution < -0.4 is 5.73 Å². The topological polar surface area (TPSA) is 178 Å². The number of hydrogen-bond acceptors (Lipinski definition) is 9. The van der Waals surface area contributed by atoms with Crippen molar-refractivity contribution >= 4 is 40.6 Å². The Balaban J connectivity index is 2.03. The molecule has 176 valence electrons. The Labute approximate surface area is 193 Å². The lowest BCUT2D eigenvalue weighted by molar-refractivity contribution is -0.179. The van der Waals surface area contributed by atoms with Crippen molar-refractivity contribution in [3.8, 4) is 5.75 Å². The molecule has 10 nitrogen and oxygen atoms in total. The van der Waals surface area contributed by atoms with E-state index in [1.807, 2.05) is 0 Å². The Bertz CT molecular complexity index is 1170. The number of nitrogens with zero attached hydrogens (tertiary/aromatic N) is 1. The van der Waals surface area contributed by atoms with Crippen LogP contribution in [0.5, 0.6) is 5.75 Å². The number of phenolic OH excluding ortho intramolecular Hbond substituents is 1. The summed E-state index contributed by atoms with van der Waals surface area (Å²) in [6.07, 6.45) is -0.286. The van der Waals surface area contributed by atoms with Crippen molar-refractivity contribution in [3.63, 3.8) is 0 Å². The molecule has 3 aliphatic rings. The van der Waals surface area contributed by atoms with E-state index in [2.05, 4.69) is 0 Å². The number of halogens is 1. The maximum atomic E-state index is 13.7. The van der Waals surface area contributed by atoms with Gasteiger partial charge in [-0.2, -0.15) is 0 Å². The number of primary amides is 1. The Kier molecular flexibility index (Phi) is 5.03. The third kappa shape index (κ3) is 2.78. The summed E-state index contributed by atoms with van der Waals surface area (Å²) >= 11 is 6.27. The third-order valence-electron chi connectivity index (χ3n) is 7.21. The number of phenols is 1. The zero-order valence-corrected chi connectivity index (χ0v) is 18.8.